The van der Waals surface area contributed by atoms with Gasteiger partial charge in [0.25, 0.3) is 5.85 Å². The summed E-state index contributed by atoms with van der Waals surface area (Å²) >= 11 is 1.88. The van der Waals surface area contributed by atoms with E-state index in [0.717, 1.165) is 37.0 Å². The predicted molar refractivity (Wildman–Crippen MR) is 183 cm³/mol. The molecule has 1 aromatic rings. The highest BCUT2D eigenvalue weighted by atomic mass is 32.2. The van der Waals surface area contributed by atoms with Crippen molar-refractivity contribution in [3.8, 4) is 0 Å². The Labute approximate surface area is 268 Å². The Bertz CT molecular complexity index is 839. The molecule has 6 nitrogen and oxygen atoms in total. The summed E-state index contributed by atoms with van der Waals surface area (Å²) in [6.07, 6.45) is 21.5. The van der Waals surface area contributed by atoms with Crippen molar-refractivity contribution < 1.29 is 28.3 Å². The highest BCUT2D eigenvalue weighted by Gasteiger charge is 2.43. The molecule has 0 aliphatic heterocycles. The van der Waals surface area contributed by atoms with E-state index in [2.05, 4.69) is 13.8 Å². The van der Waals surface area contributed by atoms with Crippen LogP contribution in [0.15, 0.2) is 30.3 Å². The summed E-state index contributed by atoms with van der Waals surface area (Å²) in [5.74, 6) is -1.49. The molecule has 0 heterocycles. The number of ether oxygens (including phenoxy) is 2. The van der Waals surface area contributed by atoms with E-state index in [-0.39, 0.29) is 18.5 Å². The number of carbonyl (C=O) groups excluding carboxylic acids is 1. The van der Waals surface area contributed by atoms with Crippen LogP contribution in [0.3, 0.4) is 0 Å². The summed E-state index contributed by atoms with van der Waals surface area (Å²) in [5.41, 5.74) is 0.803. The topological polar surface area (TPSA) is 82.1 Å². The largest absolute Gasteiger partial charge is 0.458 e. The van der Waals surface area contributed by atoms with Gasteiger partial charge >= 0.3 is 13.6 Å². The minimum Gasteiger partial charge on any atom is -0.458 e. The van der Waals surface area contributed by atoms with Crippen molar-refractivity contribution in [1.82, 2.24) is 0 Å². The molecule has 0 spiro atoms. The molecule has 1 aromatic carbocycles. The number of hydrogen-bond acceptors (Lipinski definition) is 6. The van der Waals surface area contributed by atoms with Crippen LogP contribution in [0.5, 0.6) is 0 Å². The number of benzene rings is 1. The van der Waals surface area contributed by atoms with Crippen LogP contribution in [0.1, 0.15) is 149 Å². The fourth-order valence-electron chi connectivity index (χ4n) is 5.05. The molecule has 250 valence electrons. The lowest BCUT2D eigenvalue weighted by Crippen LogP contribution is -2.35. The SMILES string of the molecule is CCCCCCCCCCCCCSC(CCCCCCC)C(C)OC(C(=O)OCc1ccccc1)P(=O)(O)OCCC. The first kappa shape index (κ1) is 40.2. The van der Waals surface area contributed by atoms with E-state index in [0.29, 0.717) is 6.42 Å². The zero-order valence-electron chi connectivity index (χ0n) is 27.8. The van der Waals surface area contributed by atoms with Gasteiger partial charge < -0.3 is 18.9 Å². The molecule has 43 heavy (non-hydrogen) atoms. The minimum absolute atomic E-state index is 0.0101. The van der Waals surface area contributed by atoms with E-state index in [9.17, 15) is 14.3 Å². The molecule has 1 rings (SSSR count). The third kappa shape index (κ3) is 20.0. The quantitative estimate of drug-likeness (QED) is 0.0529. The summed E-state index contributed by atoms with van der Waals surface area (Å²) in [7, 11) is -4.40. The number of thioether (sulfide) groups is 1. The van der Waals surface area contributed by atoms with Crippen molar-refractivity contribution in [2.45, 2.75) is 167 Å². The van der Waals surface area contributed by atoms with Gasteiger partial charge in [-0.2, -0.15) is 11.8 Å². The summed E-state index contributed by atoms with van der Waals surface area (Å²) in [5, 5.41) is 0.125. The first-order valence-electron chi connectivity index (χ1n) is 17.3. The molecule has 8 heteroatoms. The maximum absolute atomic E-state index is 13.2. The Kier molecular flexibility index (Phi) is 24.6. The molecule has 0 saturated heterocycles. The highest BCUT2D eigenvalue weighted by Crippen LogP contribution is 2.49. The lowest BCUT2D eigenvalue weighted by Gasteiger charge is -2.29. The van der Waals surface area contributed by atoms with E-state index in [1.54, 1.807) is 0 Å². The van der Waals surface area contributed by atoms with E-state index in [1.165, 1.54) is 83.5 Å². The fraction of sp³-hybridized carbons (Fsp3) is 0.800. The Balaban J connectivity index is 2.69. The number of carbonyl (C=O) groups is 1. The summed E-state index contributed by atoms with van der Waals surface area (Å²) in [6, 6.07) is 9.29. The molecule has 4 unspecified atom stereocenters. The van der Waals surface area contributed by atoms with Crippen LogP contribution in [0.25, 0.3) is 0 Å². The van der Waals surface area contributed by atoms with E-state index < -0.39 is 25.5 Å². The summed E-state index contributed by atoms with van der Waals surface area (Å²) in [4.78, 5) is 23.9. The molecule has 0 radical (unpaired) electrons. The minimum atomic E-state index is -4.40. The molecule has 0 aliphatic rings. The van der Waals surface area contributed by atoms with E-state index >= 15 is 0 Å². The Morgan fingerprint density at radius 3 is 1.88 bits per heavy atom. The van der Waals surface area contributed by atoms with Crippen molar-refractivity contribution >= 4 is 25.3 Å². The molecule has 4 atom stereocenters. The average Bonchev–Trinajstić information content (AvgIpc) is 3.01. The van der Waals surface area contributed by atoms with Crippen LogP contribution in [0.4, 0.5) is 0 Å². The van der Waals surface area contributed by atoms with Gasteiger partial charge in [-0.05, 0) is 37.5 Å². The van der Waals surface area contributed by atoms with Crippen LogP contribution in [-0.2, 0) is 30.0 Å². The second-order valence-electron chi connectivity index (χ2n) is 11.8. The van der Waals surface area contributed by atoms with Crippen molar-refractivity contribution in [3.63, 3.8) is 0 Å². The van der Waals surface area contributed by atoms with Crippen LogP contribution in [-0.4, -0.2) is 40.4 Å². The number of rotatable bonds is 29. The Hall–Kier alpha value is -0.850. The van der Waals surface area contributed by atoms with Crippen molar-refractivity contribution in [3.05, 3.63) is 35.9 Å². The average molecular weight is 643 g/mol. The lowest BCUT2D eigenvalue weighted by molar-refractivity contribution is -0.156. The van der Waals surface area contributed by atoms with Gasteiger partial charge in [0.2, 0.25) is 0 Å². The smallest absolute Gasteiger partial charge is 0.368 e. The highest BCUT2D eigenvalue weighted by molar-refractivity contribution is 7.99. The van der Waals surface area contributed by atoms with E-state index in [1.807, 2.05) is 55.9 Å². The number of unbranched alkanes of at least 4 members (excludes halogenated alkanes) is 14. The van der Waals surface area contributed by atoms with Crippen molar-refractivity contribution in [2.24, 2.45) is 0 Å². The molecule has 0 aromatic heterocycles. The van der Waals surface area contributed by atoms with Crippen LogP contribution < -0.4 is 0 Å². The van der Waals surface area contributed by atoms with Gasteiger partial charge in [-0.15, -0.1) is 0 Å². The van der Waals surface area contributed by atoms with Gasteiger partial charge in [0.15, 0.2) is 0 Å². The third-order valence-electron chi connectivity index (χ3n) is 7.74. The number of hydrogen-bond donors (Lipinski definition) is 1. The van der Waals surface area contributed by atoms with E-state index in [4.69, 9.17) is 14.0 Å². The van der Waals surface area contributed by atoms with Crippen LogP contribution >= 0.6 is 19.4 Å². The molecule has 0 amide bonds. The first-order valence-corrected chi connectivity index (χ1v) is 20.0. The van der Waals surface area contributed by atoms with Crippen LogP contribution in [0.2, 0.25) is 0 Å². The number of esters is 1. The molecular weight excluding hydrogens is 579 g/mol. The maximum atomic E-state index is 13.2. The summed E-state index contributed by atoms with van der Waals surface area (Å²) in [6.45, 7) is 8.33. The zero-order chi connectivity index (χ0) is 31.6. The third-order valence-corrected chi connectivity index (χ3v) is 10.8. The zero-order valence-corrected chi connectivity index (χ0v) is 29.5. The molecule has 0 bridgehead atoms. The normalized spacial score (nSPS) is 15.1. The molecule has 0 fully saturated rings. The van der Waals surface area contributed by atoms with Gasteiger partial charge in [-0.1, -0.05) is 147 Å². The summed E-state index contributed by atoms with van der Waals surface area (Å²) < 4.78 is 30.1. The Morgan fingerprint density at radius 1 is 0.791 bits per heavy atom. The van der Waals surface area contributed by atoms with Crippen LogP contribution in [0, 0.1) is 0 Å². The van der Waals surface area contributed by atoms with Gasteiger partial charge in [0.05, 0.1) is 12.7 Å². The Morgan fingerprint density at radius 2 is 1.33 bits per heavy atom. The van der Waals surface area contributed by atoms with Gasteiger partial charge in [0.1, 0.15) is 6.61 Å². The van der Waals surface area contributed by atoms with Gasteiger partial charge in [0, 0.05) is 5.25 Å². The maximum Gasteiger partial charge on any atom is 0.368 e. The second-order valence-corrected chi connectivity index (χ2v) is 15.0. The van der Waals surface area contributed by atoms with Crippen molar-refractivity contribution in [1.29, 1.82) is 0 Å². The van der Waals surface area contributed by atoms with Gasteiger partial charge in [-0.25, -0.2) is 4.79 Å². The molecule has 0 saturated carbocycles. The molecule has 1 N–H and O–H groups in total. The predicted octanol–water partition coefficient (Wildman–Crippen LogP) is 10.8. The van der Waals surface area contributed by atoms with Crippen molar-refractivity contribution in [2.75, 3.05) is 12.4 Å². The first-order chi connectivity index (χ1) is 20.9. The fourth-order valence-corrected chi connectivity index (χ4v) is 7.66. The monoisotopic (exact) mass is 642 g/mol. The molecule has 0 aliphatic carbocycles. The lowest BCUT2D eigenvalue weighted by atomic mass is 10.1. The second kappa shape index (κ2) is 26.4. The standard InChI is InChI=1S/C35H63O6PS/c1-5-8-10-12-13-14-15-16-17-19-24-29-43-33(27-23-18-11-9-6-2)31(4)41-35(42(37,38)40-28-7-3)34(36)39-30-32-25-21-20-22-26-32/h20-22,25-26,31,33,35H,5-19,23-24,27-30H2,1-4H3,(H,37,38). The van der Waals surface area contributed by atoms with Gasteiger partial charge in [-0.3, -0.25) is 4.57 Å². The molecular formula is C35H63O6PS.